The molecule has 1 heteroatoms. The van der Waals surface area contributed by atoms with E-state index in [1.54, 1.807) is 0 Å². The van der Waals surface area contributed by atoms with Crippen LogP contribution in [0, 0.1) is 0 Å². The molecule has 0 saturated carbocycles. The molecule has 0 aromatic rings. The summed E-state index contributed by atoms with van der Waals surface area (Å²) in [6.45, 7) is 2.11. The van der Waals surface area contributed by atoms with Crippen LogP contribution in [0.1, 0.15) is 84.0 Å². The Morgan fingerprint density at radius 2 is 1.06 bits per heavy atom. The summed E-state index contributed by atoms with van der Waals surface area (Å²) in [5.41, 5.74) is 0. The van der Waals surface area contributed by atoms with Gasteiger partial charge in [0.1, 0.15) is 0 Å². The number of allylic oxidation sites excluding steroid dienone is 2. The van der Waals surface area contributed by atoms with Crippen LogP contribution in [0.4, 0.5) is 0 Å². The van der Waals surface area contributed by atoms with Crippen molar-refractivity contribution in [3.63, 3.8) is 0 Å². The molecular formula is C16H31I. The average molecular weight is 350 g/mol. The largest absolute Gasteiger partial charge is 0.0917 e. The number of rotatable bonds is 13. The van der Waals surface area contributed by atoms with Crippen LogP contribution in [-0.2, 0) is 0 Å². The first-order valence-corrected chi connectivity index (χ1v) is 9.11. The summed E-state index contributed by atoms with van der Waals surface area (Å²) in [6.07, 6.45) is 21.7. The van der Waals surface area contributed by atoms with Gasteiger partial charge in [0.2, 0.25) is 0 Å². The molecular weight excluding hydrogens is 319 g/mol. The second-order valence-corrected chi connectivity index (χ2v) is 6.01. The van der Waals surface area contributed by atoms with Crippen molar-refractivity contribution in [1.29, 1.82) is 0 Å². The molecule has 0 aliphatic rings. The molecule has 0 fully saturated rings. The first-order chi connectivity index (χ1) is 8.41. The highest BCUT2D eigenvalue weighted by Gasteiger charge is 1.92. The van der Waals surface area contributed by atoms with E-state index in [-0.39, 0.29) is 0 Å². The fourth-order valence-electron chi connectivity index (χ4n) is 2.11. The van der Waals surface area contributed by atoms with Gasteiger partial charge in [0.05, 0.1) is 0 Å². The fourth-order valence-corrected chi connectivity index (χ4v) is 2.65. The SMILES string of the molecule is C/C=C/CCCCCCCCCCCCCI. The van der Waals surface area contributed by atoms with Gasteiger partial charge in [0, 0.05) is 0 Å². The van der Waals surface area contributed by atoms with Crippen molar-refractivity contribution in [2.24, 2.45) is 0 Å². The number of hydrogen-bond donors (Lipinski definition) is 0. The molecule has 0 saturated heterocycles. The summed E-state index contributed by atoms with van der Waals surface area (Å²) in [7, 11) is 0. The monoisotopic (exact) mass is 350 g/mol. The molecule has 0 aromatic carbocycles. The van der Waals surface area contributed by atoms with E-state index in [0.717, 1.165) is 0 Å². The van der Waals surface area contributed by atoms with Crippen molar-refractivity contribution >= 4 is 22.6 Å². The lowest BCUT2D eigenvalue weighted by molar-refractivity contribution is 0.551. The predicted octanol–water partition coefficient (Wildman–Crippen LogP) is 6.68. The maximum atomic E-state index is 2.48. The highest BCUT2D eigenvalue weighted by Crippen LogP contribution is 2.12. The van der Waals surface area contributed by atoms with Crippen molar-refractivity contribution in [2.75, 3.05) is 4.43 Å². The second-order valence-electron chi connectivity index (χ2n) is 4.94. The number of unbranched alkanes of at least 4 members (excludes halogenated alkanes) is 11. The minimum Gasteiger partial charge on any atom is -0.0917 e. The minimum absolute atomic E-state index is 1.29. The summed E-state index contributed by atoms with van der Waals surface area (Å²) in [5, 5.41) is 0. The molecule has 0 nitrogen and oxygen atoms in total. The van der Waals surface area contributed by atoms with E-state index in [0.29, 0.717) is 0 Å². The van der Waals surface area contributed by atoms with Gasteiger partial charge in [-0.2, -0.15) is 0 Å². The average Bonchev–Trinajstić information content (AvgIpc) is 2.35. The normalized spacial score (nSPS) is 11.4. The van der Waals surface area contributed by atoms with E-state index in [1.165, 1.54) is 81.5 Å². The molecule has 0 N–H and O–H groups in total. The molecule has 0 unspecified atom stereocenters. The molecule has 102 valence electrons. The Morgan fingerprint density at radius 1 is 0.647 bits per heavy atom. The first kappa shape index (κ1) is 17.5. The van der Waals surface area contributed by atoms with Gasteiger partial charge in [-0.15, -0.1) is 0 Å². The molecule has 17 heavy (non-hydrogen) atoms. The molecule has 0 bridgehead atoms. The van der Waals surface area contributed by atoms with Gasteiger partial charge in [-0.3, -0.25) is 0 Å². The Balaban J connectivity index is 2.89. The number of hydrogen-bond acceptors (Lipinski definition) is 0. The Bertz CT molecular complexity index is 152. The lowest BCUT2D eigenvalue weighted by Crippen LogP contribution is -1.82. The van der Waals surface area contributed by atoms with Crippen molar-refractivity contribution in [2.45, 2.75) is 84.0 Å². The van der Waals surface area contributed by atoms with Crippen molar-refractivity contribution < 1.29 is 0 Å². The van der Waals surface area contributed by atoms with E-state index >= 15 is 0 Å². The van der Waals surface area contributed by atoms with E-state index < -0.39 is 0 Å². The summed E-state index contributed by atoms with van der Waals surface area (Å²) in [5.74, 6) is 0. The second kappa shape index (κ2) is 16.5. The molecule has 0 aliphatic heterocycles. The third-order valence-corrected chi connectivity index (χ3v) is 4.00. The standard InChI is InChI=1S/C16H31I/c1-2-3-4-5-6-7-8-9-10-11-12-13-14-15-16-17/h2-3H,4-16H2,1H3/b3-2+. The lowest BCUT2D eigenvalue weighted by Gasteiger charge is -2.02. The van der Waals surface area contributed by atoms with E-state index in [2.05, 4.69) is 41.7 Å². The quantitative estimate of drug-likeness (QED) is 0.150. The van der Waals surface area contributed by atoms with Crippen molar-refractivity contribution in [3.8, 4) is 0 Å². The van der Waals surface area contributed by atoms with Crippen LogP contribution in [0.25, 0.3) is 0 Å². The molecule has 0 spiro atoms. The van der Waals surface area contributed by atoms with Crippen LogP contribution in [-0.4, -0.2) is 4.43 Å². The number of halogens is 1. The van der Waals surface area contributed by atoms with Crippen LogP contribution in [0.3, 0.4) is 0 Å². The van der Waals surface area contributed by atoms with Gasteiger partial charge >= 0.3 is 0 Å². The van der Waals surface area contributed by atoms with E-state index in [1.807, 2.05) is 0 Å². The Morgan fingerprint density at radius 3 is 1.47 bits per heavy atom. The Labute approximate surface area is 123 Å². The van der Waals surface area contributed by atoms with Crippen LogP contribution in [0.2, 0.25) is 0 Å². The fraction of sp³-hybridized carbons (Fsp3) is 0.875. The maximum Gasteiger partial charge on any atom is -0.000473 e. The van der Waals surface area contributed by atoms with E-state index in [4.69, 9.17) is 0 Å². The lowest BCUT2D eigenvalue weighted by atomic mass is 10.1. The van der Waals surface area contributed by atoms with Crippen LogP contribution in [0.15, 0.2) is 12.2 Å². The Kier molecular flexibility index (Phi) is 16.9. The molecule has 0 atom stereocenters. The smallest absolute Gasteiger partial charge is 0.000473 e. The van der Waals surface area contributed by atoms with Gasteiger partial charge in [0.25, 0.3) is 0 Å². The van der Waals surface area contributed by atoms with Gasteiger partial charge < -0.3 is 0 Å². The van der Waals surface area contributed by atoms with Gasteiger partial charge in [0.15, 0.2) is 0 Å². The third-order valence-electron chi connectivity index (χ3n) is 3.24. The molecule has 0 rings (SSSR count). The van der Waals surface area contributed by atoms with Crippen molar-refractivity contribution in [3.05, 3.63) is 12.2 Å². The molecule has 0 aromatic heterocycles. The summed E-state index contributed by atoms with van der Waals surface area (Å²) in [6, 6.07) is 0. The van der Waals surface area contributed by atoms with Crippen LogP contribution in [0.5, 0.6) is 0 Å². The third kappa shape index (κ3) is 16.5. The molecule has 0 amide bonds. The van der Waals surface area contributed by atoms with E-state index in [9.17, 15) is 0 Å². The molecule has 0 aliphatic carbocycles. The molecule has 0 heterocycles. The topological polar surface area (TPSA) is 0 Å². The maximum absolute atomic E-state index is 2.48. The zero-order chi connectivity index (χ0) is 12.6. The van der Waals surface area contributed by atoms with Gasteiger partial charge in [-0.25, -0.2) is 0 Å². The predicted molar refractivity (Wildman–Crippen MR) is 89.1 cm³/mol. The van der Waals surface area contributed by atoms with Crippen LogP contribution < -0.4 is 0 Å². The van der Waals surface area contributed by atoms with Crippen molar-refractivity contribution in [1.82, 2.24) is 0 Å². The Hall–Kier alpha value is 0.470. The van der Waals surface area contributed by atoms with Gasteiger partial charge in [-0.05, 0) is 30.6 Å². The first-order valence-electron chi connectivity index (χ1n) is 7.59. The van der Waals surface area contributed by atoms with Crippen LogP contribution >= 0.6 is 22.6 Å². The zero-order valence-corrected chi connectivity index (χ0v) is 13.9. The minimum atomic E-state index is 1.29. The number of alkyl halides is 1. The van der Waals surface area contributed by atoms with Gasteiger partial charge in [-0.1, -0.05) is 92.5 Å². The highest BCUT2D eigenvalue weighted by molar-refractivity contribution is 14.1. The zero-order valence-electron chi connectivity index (χ0n) is 11.7. The highest BCUT2D eigenvalue weighted by atomic mass is 127. The summed E-state index contributed by atoms with van der Waals surface area (Å²) < 4.78 is 1.34. The molecule has 0 radical (unpaired) electrons. The summed E-state index contributed by atoms with van der Waals surface area (Å²) in [4.78, 5) is 0. The summed E-state index contributed by atoms with van der Waals surface area (Å²) >= 11 is 2.48.